The quantitative estimate of drug-likeness (QED) is 0.762. The summed E-state index contributed by atoms with van der Waals surface area (Å²) in [6.07, 6.45) is 0.806. The van der Waals surface area contributed by atoms with Crippen molar-refractivity contribution in [1.82, 2.24) is 0 Å². The van der Waals surface area contributed by atoms with E-state index < -0.39 is 0 Å². The molecule has 0 saturated carbocycles. The Morgan fingerprint density at radius 2 is 2.17 bits per heavy atom. The molecule has 0 bridgehead atoms. The number of methoxy groups -OCH3 is 1. The maximum atomic E-state index is 13.1. The minimum atomic E-state index is -0.272. The summed E-state index contributed by atoms with van der Waals surface area (Å²) in [4.78, 5) is 0. The molecule has 1 nitrogen and oxygen atoms in total. The highest BCUT2D eigenvalue weighted by Gasteiger charge is 2.07. The molecule has 0 atom stereocenters. The molecule has 0 heterocycles. The fourth-order valence-electron chi connectivity index (χ4n) is 0.970. The van der Waals surface area contributed by atoms with E-state index in [2.05, 4.69) is 15.9 Å². The van der Waals surface area contributed by atoms with Crippen molar-refractivity contribution in [3.63, 3.8) is 0 Å². The van der Waals surface area contributed by atoms with E-state index in [4.69, 9.17) is 4.74 Å². The second-order valence-electron chi connectivity index (χ2n) is 2.45. The fourth-order valence-corrected chi connectivity index (χ4v) is 1.36. The third-order valence-corrected chi connectivity index (χ3v) is 2.45. The summed E-state index contributed by atoms with van der Waals surface area (Å²) in [6, 6.07) is 3.33. The first kappa shape index (κ1) is 9.52. The van der Waals surface area contributed by atoms with Gasteiger partial charge in [0, 0.05) is 0 Å². The van der Waals surface area contributed by atoms with Gasteiger partial charge in [0.1, 0.15) is 11.6 Å². The van der Waals surface area contributed by atoms with E-state index in [9.17, 15) is 4.39 Å². The molecule has 1 aromatic carbocycles. The van der Waals surface area contributed by atoms with Crippen LogP contribution in [-0.2, 0) is 6.42 Å². The molecule has 1 rings (SSSR count). The van der Waals surface area contributed by atoms with Crippen LogP contribution in [0.5, 0.6) is 5.75 Å². The van der Waals surface area contributed by atoms with Crippen LogP contribution in [0.15, 0.2) is 16.6 Å². The maximum Gasteiger partial charge on any atom is 0.141 e. The van der Waals surface area contributed by atoms with Crippen molar-refractivity contribution < 1.29 is 9.13 Å². The zero-order chi connectivity index (χ0) is 9.14. The molecule has 0 saturated heterocycles. The van der Waals surface area contributed by atoms with E-state index in [0.29, 0.717) is 10.2 Å². The molecular formula is C9H10BrFO. The van der Waals surface area contributed by atoms with Gasteiger partial charge in [-0.3, -0.25) is 0 Å². The predicted octanol–water partition coefficient (Wildman–Crippen LogP) is 3.16. The molecule has 0 unspecified atom stereocenters. The number of hydrogen-bond acceptors (Lipinski definition) is 1. The Balaban J connectivity index is 3.19. The van der Waals surface area contributed by atoms with Gasteiger partial charge in [0.2, 0.25) is 0 Å². The second-order valence-corrected chi connectivity index (χ2v) is 3.24. The Labute approximate surface area is 79.7 Å². The zero-order valence-corrected chi connectivity index (χ0v) is 8.61. The van der Waals surface area contributed by atoms with E-state index in [1.165, 1.54) is 13.2 Å². The summed E-state index contributed by atoms with van der Waals surface area (Å²) in [6.45, 7) is 1.97. The molecule has 1 aromatic rings. The molecule has 0 radical (unpaired) electrons. The van der Waals surface area contributed by atoms with E-state index in [1.54, 1.807) is 0 Å². The molecule has 3 heteroatoms. The van der Waals surface area contributed by atoms with E-state index >= 15 is 0 Å². The van der Waals surface area contributed by atoms with Gasteiger partial charge in [-0.15, -0.1) is 0 Å². The summed E-state index contributed by atoms with van der Waals surface area (Å²) in [7, 11) is 1.53. The molecule has 0 aliphatic rings. The SMILES string of the molecule is CCc1cc(F)c(Br)c(OC)c1. The van der Waals surface area contributed by atoms with E-state index in [0.717, 1.165) is 12.0 Å². The van der Waals surface area contributed by atoms with Crippen molar-refractivity contribution in [3.05, 3.63) is 28.0 Å². The van der Waals surface area contributed by atoms with Crippen LogP contribution in [0.1, 0.15) is 12.5 Å². The lowest BCUT2D eigenvalue weighted by Gasteiger charge is -2.06. The van der Waals surface area contributed by atoms with Gasteiger partial charge in [-0.05, 0) is 40.0 Å². The minimum absolute atomic E-state index is 0.272. The minimum Gasteiger partial charge on any atom is -0.495 e. The molecule has 0 fully saturated rings. The van der Waals surface area contributed by atoms with Crippen molar-refractivity contribution in [2.75, 3.05) is 7.11 Å². The number of rotatable bonds is 2. The predicted molar refractivity (Wildman–Crippen MR) is 50.0 cm³/mol. The van der Waals surface area contributed by atoms with Crippen molar-refractivity contribution in [2.45, 2.75) is 13.3 Å². The molecule has 66 valence electrons. The average Bonchev–Trinajstić information content (AvgIpc) is 2.09. The lowest BCUT2D eigenvalue weighted by Crippen LogP contribution is -1.90. The van der Waals surface area contributed by atoms with Gasteiger partial charge in [0.05, 0.1) is 11.6 Å². The molecule has 0 N–H and O–H groups in total. The lowest BCUT2D eigenvalue weighted by atomic mass is 10.1. The Kier molecular flexibility index (Phi) is 3.09. The highest BCUT2D eigenvalue weighted by atomic mass is 79.9. The highest BCUT2D eigenvalue weighted by molar-refractivity contribution is 9.10. The number of ether oxygens (including phenoxy) is 1. The summed E-state index contributed by atoms with van der Waals surface area (Å²) in [5.74, 6) is 0.276. The first-order valence-electron chi connectivity index (χ1n) is 3.71. The average molecular weight is 233 g/mol. The van der Waals surface area contributed by atoms with Gasteiger partial charge >= 0.3 is 0 Å². The van der Waals surface area contributed by atoms with Gasteiger partial charge in [-0.1, -0.05) is 6.92 Å². The van der Waals surface area contributed by atoms with Crippen LogP contribution in [0.25, 0.3) is 0 Å². The third kappa shape index (κ3) is 1.78. The normalized spacial score (nSPS) is 10.0. The van der Waals surface area contributed by atoms with Gasteiger partial charge < -0.3 is 4.74 Å². The second kappa shape index (κ2) is 3.90. The number of hydrogen-bond donors (Lipinski definition) is 0. The zero-order valence-electron chi connectivity index (χ0n) is 7.03. The monoisotopic (exact) mass is 232 g/mol. The molecular weight excluding hydrogens is 223 g/mol. The topological polar surface area (TPSA) is 9.23 Å². The Bertz CT molecular complexity index is 286. The van der Waals surface area contributed by atoms with Gasteiger partial charge in [0.25, 0.3) is 0 Å². The molecule has 0 aromatic heterocycles. The fraction of sp³-hybridized carbons (Fsp3) is 0.333. The maximum absolute atomic E-state index is 13.1. The number of benzene rings is 1. The van der Waals surface area contributed by atoms with Crippen LogP contribution in [0.4, 0.5) is 4.39 Å². The van der Waals surface area contributed by atoms with Crippen LogP contribution in [0.2, 0.25) is 0 Å². The van der Waals surface area contributed by atoms with Crippen molar-refractivity contribution in [3.8, 4) is 5.75 Å². The first-order valence-corrected chi connectivity index (χ1v) is 4.50. The molecule has 0 aliphatic carbocycles. The van der Waals surface area contributed by atoms with Crippen molar-refractivity contribution >= 4 is 15.9 Å². The summed E-state index contributed by atoms with van der Waals surface area (Å²) in [5, 5.41) is 0. The standard InChI is InChI=1S/C9H10BrFO/c1-3-6-4-7(11)9(10)8(5-6)12-2/h4-5H,3H2,1-2H3. The van der Waals surface area contributed by atoms with Crippen LogP contribution in [-0.4, -0.2) is 7.11 Å². The molecule has 0 spiro atoms. The molecule has 0 aliphatic heterocycles. The first-order chi connectivity index (χ1) is 5.69. The Hall–Kier alpha value is -0.570. The lowest BCUT2D eigenvalue weighted by molar-refractivity contribution is 0.407. The smallest absolute Gasteiger partial charge is 0.141 e. The molecule has 12 heavy (non-hydrogen) atoms. The third-order valence-electron chi connectivity index (χ3n) is 1.68. The number of aryl methyl sites for hydroxylation is 1. The van der Waals surface area contributed by atoms with Crippen LogP contribution < -0.4 is 4.74 Å². The van der Waals surface area contributed by atoms with Gasteiger partial charge in [-0.25, -0.2) is 4.39 Å². The Morgan fingerprint density at radius 3 is 2.67 bits per heavy atom. The molecule has 0 amide bonds. The summed E-state index contributed by atoms with van der Waals surface area (Å²) < 4.78 is 18.5. The van der Waals surface area contributed by atoms with E-state index in [1.807, 2.05) is 13.0 Å². The van der Waals surface area contributed by atoms with E-state index in [-0.39, 0.29) is 5.82 Å². The largest absolute Gasteiger partial charge is 0.495 e. The van der Waals surface area contributed by atoms with Gasteiger partial charge in [0.15, 0.2) is 0 Å². The summed E-state index contributed by atoms with van der Waals surface area (Å²) >= 11 is 3.10. The van der Waals surface area contributed by atoms with Gasteiger partial charge in [-0.2, -0.15) is 0 Å². The summed E-state index contributed by atoms with van der Waals surface area (Å²) in [5.41, 5.74) is 0.938. The van der Waals surface area contributed by atoms with Crippen molar-refractivity contribution in [2.24, 2.45) is 0 Å². The van der Waals surface area contributed by atoms with Crippen LogP contribution in [0.3, 0.4) is 0 Å². The highest BCUT2D eigenvalue weighted by Crippen LogP contribution is 2.29. The van der Waals surface area contributed by atoms with Crippen molar-refractivity contribution in [1.29, 1.82) is 0 Å². The number of halogens is 2. The van der Waals surface area contributed by atoms with Crippen LogP contribution >= 0.6 is 15.9 Å². The Morgan fingerprint density at radius 1 is 1.50 bits per heavy atom. The van der Waals surface area contributed by atoms with Crippen LogP contribution in [0, 0.1) is 5.82 Å².